The zero-order valence-corrected chi connectivity index (χ0v) is 25.5. The number of aliphatic hydroxyl groups is 1. The average molecular weight is 594 g/mol. The normalized spacial score (nSPS) is 20.7. The molecule has 3 aromatic carbocycles. The molecule has 4 aromatic rings. The van der Waals surface area contributed by atoms with E-state index in [9.17, 15) is 5.11 Å². The van der Waals surface area contributed by atoms with E-state index in [2.05, 4.69) is 69.4 Å². The molecule has 2 N–H and O–H groups in total. The Labute approximate surface area is 257 Å². The second-order valence-corrected chi connectivity index (χ2v) is 10.7. The molecule has 5 nitrogen and oxygen atoms in total. The van der Waals surface area contributed by atoms with Crippen molar-refractivity contribution in [1.29, 1.82) is 0 Å². The van der Waals surface area contributed by atoms with Gasteiger partial charge in [0.25, 0.3) is 0 Å². The van der Waals surface area contributed by atoms with E-state index in [-0.39, 0.29) is 40.5 Å². The molecular formula is C32H39N3O2S3. The fourth-order valence-corrected chi connectivity index (χ4v) is 6.48. The quantitative estimate of drug-likeness (QED) is 0.247. The van der Waals surface area contributed by atoms with Gasteiger partial charge in [0.2, 0.25) is 0 Å². The van der Waals surface area contributed by atoms with Crippen LogP contribution in [0.2, 0.25) is 0 Å². The largest absolute Gasteiger partial charge is 0.490 e. The van der Waals surface area contributed by atoms with Crippen molar-refractivity contribution in [3.05, 3.63) is 96.2 Å². The van der Waals surface area contributed by atoms with E-state index in [1.807, 2.05) is 30.5 Å². The molecule has 212 valence electrons. The second kappa shape index (κ2) is 13.0. The van der Waals surface area contributed by atoms with Crippen molar-refractivity contribution in [3.8, 4) is 16.9 Å². The van der Waals surface area contributed by atoms with Gasteiger partial charge in [-0.05, 0) is 71.8 Å². The molecule has 1 fully saturated rings. The lowest BCUT2D eigenvalue weighted by atomic mass is 9.95. The van der Waals surface area contributed by atoms with Gasteiger partial charge in [0.15, 0.2) is 0 Å². The minimum atomic E-state index is -0.536. The molecule has 0 unspecified atom stereocenters. The molecule has 1 aliphatic carbocycles. The van der Waals surface area contributed by atoms with Crippen LogP contribution >= 0.6 is 40.5 Å². The van der Waals surface area contributed by atoms with E-state index in [1.165, 1.54) is 27.9 Å². The van der Waals surface area contributed by atoms with Gasteiger partial charge in [-0.2, -0.15) is 40.5 Å². The number of aromatic nitrogens is 1. The molecule has 4 aliphatic rings. The molecular weight excluding hydrogens is 555 g/mol. The average Bonchev–Trinajstić information content (AvgIpc) is 3.53. The Kier molecular flexibility index (Phi) is 9.90. The number of piperazine rings is 1. The van der Waals surface area contributed by atoms with Gasteiger partial charge in [-0.15, -0.1) is 0 Å². The molecule has 8 rings (SSSR count). The van der Waals surface area contributed by atoms with E-state index in [1.54, 1.807) is 0 Å². The highest BCUT2D eigenvalue weighted by atomic mass is 32.1. The number of rotatable bonds is 6. The number of nitrogens with zero attached hydrogens (tertiary/aromatic N) is 2. The second-order valence-electron chi connectivity index (χ2n) is 10.7. The van der Waals surface area contributed by atoms with Gasteiger partial charge < -0.3 is 19.7 Å². The van der Waals surface area contributed by atoms with E-state index in [0.717, 1.165) is 49.0 Å². The first-order valence-corrected chi connectivity index (χ1v) is 13.5. The molecule has 1 saturated heterocycles. The highest BCUT2D eigenvalue weighted by molar-refractivity contribution is 7.59. The SMILES string of the molecule is O[C@H](COc1cccc2[nH]ccc12)CN1C[C@@H]2C/C=C\C[C@H]1CN2c1ccc2c(c1)Cc1ccccc1-2.S.S.S. The number of benzene rings is 3. The zero-order valence-electron chi connectivity index (χ0n) is 22.5. The van der Waals surface area contributed by atoms with Crippen LogP contribution in [0, 0.1) is 0 Å². The summed E-state index contributed by atoms with van der Waals surface area (Å²) in [5.74, 6) is 0.819. The van der Waals surface area contributed by atoms with Crippen LogP contribution in [-0.2, 0) is 6.42 Å². The first kappa shape index (κ1) is 30.5. The summed E-state index contributed by atoms with van der Waals surface area (Å²) in [7, 11) is 0. The van der Waals surface area contributed by atoms with Gasteiger partial charge >= 0.3 is 0 Å². The Balaban J connectivity index is 0.00000123. The summed E-state index contributed by atoms with van der Waals surface area (Å²) in [6, 6.07) is 24.6. The summed E-state index contributed by atoms with van der Waals surface area (Å²) in [6.07, 6.45) is 9.13. The van der Waals surface area contributed by atoms with Gasteiger partial charge in [0, 0.05) is 54.5 Å². The van der Waals surface area contributed by atoms with Crippen molar-refractivity contribution in [2.75, 3.05) is 31.1 Å². The van der Waals surface area contributed by atoms with Crippen LogP contribution in [0.1, 0.15) is 24.0 Å². The summed E-state index contributed by atoms with van der Waals surface area (Å²) in [6.45, 7) is 2.86. The van der Waals surface area contributed by atoms with Crippen LogP contribution in [0.4, 0.5) is 5.69 Å². The molecule has 3 aliphatic heterocycles. The number of hydrogen-bond donors (Lipinski definition) is 2. The first-order chi connectivity index (χ1) is 18.2. The van der Waals surface area contributed by atoms with Gasteiger partial charge in [-0.1, -0.05) is 48.6 Å². The Morgan fingerprint density at radius 2 is 1.65 bits per heavy atom. The molecule has 0 amide bonds. The molecule has 8 heteroatoms. The lowest BCUT2D eigenvalue weighted by molar-refractivity contribution is 0.0409. The number of nitrogens with one attached hydrogen (secondary N) is 1. The molecule has 1 aromatic heterocycles. The Morgan fingerprint density at radius 1 is 0.850 bits per heavy atom. The number of anilines is 1. The summed E-state index contributed by atoms with van der Waals surface area (Å²) in [5.41, 5.74) is 8.03. The van der Waals surface area contributed by atoms with Gasteiger partial charge in [-0.25, -0.2) is 0 Å². The molecule has 40 heavy (non-hydrogen) atoms. The summed E-state index contributed by atoms with van der Waals surface area (Å²) >= 11 is 0. The standard InChI is InChI=1S/C32H33N3O2.3H2S/c36-27(21-37-32-11-5-10-31-30(32)14-15-33-31)20-34-18-26-8-3-2-7-25(34)19-35(26)24-12-13-29-23(17-24)16-22-6-1-4-9-28(22)29;;;/h1-6,9-15,17,25-27,33,36H,7-8,16,18-21H2;3*1H2/b3-2-;;;/t25-,26-,27-;;;/m0.../s1. The summed E-state index contributed by atoms with van der Waals surface area (Å²) in [5, 5.41) is 12.0. The van der Waals surface area contributed by atoms with Gasteiger partial charge in [-0.3, -0.25) is 4.90 Å². The molecule has 0 spiro atoms. The summed E-state index contributed by atoms with van der Waals surface area (Å²) < 4.78 is 6.06. The fourth-order valence-electron chi connectivity index (χ4n) is 6.48. The minimum Gasteiger partial charge on any atom is -0.490 e. The van der Waals surface area contributed by atoms with Crippen LogP contribution in [0.25, 0.3) is 22.0 Å². The van der Waals surface area contributed by atoms with Crippen LogP contribution in [0.5, 0.6) is 5.75 Å². The predicted octanol–water partition coefficient (Wildman–Crippen LogP) is 5.73. The highest BCUT2D eigenvalue weighted by Crippen LogP contribution is 2.39. The molecule has 2 bridgehead atoms. The first-order valence-electron chi connectivity index (χ1n) is 13.5. The van der Waals surface area contributed by atoms with Gasteiger partial charge in [0.05, 0.1) is 0 Å². The number of ether oxygens (including phenoxy) is 1. The number of aromatic amines is 1. The maximum Gasteiger partial charge on any atom is 0.128 e. The number of aliphatic hydroxyl groups excluding tert-OH is 1. The van der Waals surface area contributed by atoms with E-state index in [0.29, 0.717) is 25.2 Å². The van der Waals surface area contributed by atoms with Crippen molar-refractivity contribution < 1.29 is 9.84 Å². The third kappa shape index (κ3) is 5.78. The van der Waals surface area contributed by atoms with Crippen molar-refractivity contribution >= 4 is 57.1 Å². The van der Waals surface area contributed by atoms with Crippen LogP contribution in [-0.4, -0.2) is 59.4 Å². The smallest absolute Gasteiger partial charge is 0.128 e. The number of fused-ring (bicyclic) bond motifs is 8. The third-order valence-electron chi connectivity index (χ3n) is 8.33. The monoisotopic (exact) mass is 593 g/mol. The number of H-pyrrole nitrogens is 1. The number of hydrogen-bond acceptors (Lipinski definition) is 4. The van der Waals surface area contributed by atoms with Crippen molar-refractivity contribution in [2.24, 2.45) is 0 Å². The van der Waals surface area contributed by atoms with Crippen molar-refractivity contribution in [2.45, 2.75) is 37.5 Å². The van der Waals surface area contributed by atoms with E-state index < -0.39 is 6.10 Å². The molecule has 3 atom stereocenters. The van der Waals surface area contributed by atoms with Gasteiger partial charge in [0.1, 0.15) is 18.5 Å². The lowest BCUT2D eigenvalue weighted by Crippen LogP contribution is -2.60. The Morgan fingerprint density at radius 3 is 2.52 bits per heavy atom. The van der Waals surface area contributed by atoms with Crippen LogP contribution in [0.3, 0.4) is 0 Å². The van der Waals surface area contributed by atoms with Crippen molar-refractivity contribution in [3.63, 3.8) is 0 Å². The molecule has 4 heterocycles. The van der Waals surface area contributed by atoms with E-state index in [4.69, 9.17) is 4.74 Å². The predicted molar refractivity (Wildman–Crippen MR) is 180 cm³/mol. The third-order valence-corrected chi connectivity index (χ3v) is 8.33. The van der Waals surface area contributed by atoms with E-state index >= 15 is 0 Å². The molecule has 0 radical (unpaired) electrons. The maximum atomic E-state index is 10.9. The minimum absolute atomic E-state index is 0. The lowest BCUT2D eigenvalue weighted by Gasteiger charge is -2.49. The van der Waals surface area contributed by atoms with Crippen LogP contribution < -0.4 is 9.64 Å². The van der Waals surface area contributed by atoms with Crippen molar-refractivity contribution in [1.82, 2.24) is 9.88 Å². The fraction of sp³-hybridized carbons (Fsp3) is 0.312. The molecule has 0 saturated carbocycles. The summed E-state index contributed by atoms with van der Waals surface area (Å²) in [4.78, 5) is 8.32. The Bertz CT molecular complexity index is 1470. The topological polar surface area (TPSA) is 51.7 Å². The van der Waals surface area contributed by atoms with Crippen LogP contribution in [0.15, 0.2) is 85.1 Å². The highest BCUT2D eigenvalue weighted by Gasteiger charge is 2.35. The maximum absolute atomic E-state index is 10.9. The Hall–Kier alpha value is -2.49. The zero-order chi connectivity index (χ0) is 24.8.